The minimum atomic E-state index is 0. The Morgan fingerprint density at radius 3 is 2.21 bits per heavy atom. The summed E-state index contributed by atoms with van der Waals surface area (Å²) in [5.74, 6) is 0.942. The number of likely N-dealkylation sites (tertiary alicyclic amines) is 1. The summed E-state index contributed by atoms with van der Waals surface area (Å²) in [4.78, 5) is 9.45. The lowest BCUT2D eigenvalue weighted by Crippen LogP contribution is -2.49. The summed E-state index contributed by atoms with van der Waals surface area (Å²) in [7, 11) is 1.86. The monoisotopic (exact) mass is 511 g/mol. The number of nitrogens with one attached hydrogen (secondary N) is 2. The number of hydrogen-bond donors (Lipinski definition) is 2. The van der Waals surface area contributed by atoms with Gasteiger partial charge < -0.3 is 20.3 Å². The van der Waals surface area contributed by atoms with Crippen molar-refractivity contribution in [2.75, 3.05) is 46.4 Å². The van der Waals surface area contributed by atoms with E-state index in [2.05, 4.69) is 67.0 Å². The third-order valence-electron chi connectivity index (χ3n) is 5.22. The van der Waals surface area contributed by atoms with E-state index in [0.717, 1.165) is 64.6 Å². The fourth-order valence-electron chi connectivity index (χ4n) is 3.69. The Kier molecular flexibility index (Phi) is 15.6. The molecule has 0 atom stereocenters. The van der Waals surface area contributed by atoms with Crippen molar-refractivity contribution in [3.05, 3.63) is 0 Å². The highest BCUT2D eigenvalue weighted by Gasteiger charge is 2.20. The van der Waals surface area contributed by atoms with Crippen molar-refractivity contribution >= 4 is 29.9 Å². The highest BCUT2D eigenvalue weighted by Crippen LogP contribution is 2.10. The van der Waals surface area contributed by atoms with Gasteiger partial charge in [-0.25, -0.2) is 0 Å². The number of ether oxygens (including phenoxy) is 1. The van der Waals surface area contributed by atoms with Gasteiger partial charge in [-0.2, -0.15) is 0 Å². The van der Waals surface area contributed by atoms with Crippen molar-refractivity contribution in [1.82, 2.24) is 20.4 Å². The average Bonchev–Trinajstić information content (AvgIpc) is 2.60. The number of halogens is 1. The van der Waals surface area contributed by atoms with Crippen molar-refractivity contribution in [3.63, 3.8) is 0 Å². The highest BCUT2D eigenvalue weighted by atomic mass is 127. The molecule has 1 heterocycles. The molecule has 1 aliphatic rings. The SMILES string of the molecule is CN=C(NCCCN(C(C)C)C(C)C)NC1CCN(CCOC(C)C)CC1.I. The lowest BCUT2D eigenvalue weighted by Gasteiger charge is -2.33. The summed E-state index contributed by atoms with van der Waals surface area (Å²) in [6, 6.07) is 1.71. The smallest absolute Gasteiger partial charge is 0.191 e. The van der Waals surface area contributed by atoms with E-state index >= 15 is 0 Å². The van der Waals surface area contributed by atoms with Crippen molar-refractivity contribution in [2.24, 2.45) is 4.99 Å². The summed E-state index contributed by atoms with van der Waals surface area (Å²) in [6.45, 7) is 19.5. The molecule has 0 aromatic rings. The quantitative estimate of drug-likeness (QED) is 0.193. The number of nitrogens with zero attached hydrogens (tertiary/aromatic N) is 3. The minimum Gasteiger partial charge on any atom is -0.377 e. The van der Waals surface area contributed by atoms with E-state index in [1.54, 1.807) is 0 Å². The number of aliphatic imine (C=N–C) groups is 1. The third-order valence-corrected chi connectivity index (χ3v) is 5.22. The zero-order valence-electron chi connectivity index (χ0n) is 19.3. The van der Waals surface area contributed by atoms with Gasteiger partial charge in [0.2, 0.25) is 0 Å². The molecule has 0 aromatic heterocycles. The van der Waals surface area contributed by atoms with Gasteiger partial charge in [0, 0.05) is 57.9 Å². The molecule has 1 saturated heterocycles. The Bertz CT molecular complexity index is 402. The van der Waals surface area contributed by atoms with Crippen molar-refractivity contribution in [2.45, 2.75) is 85.0 Å². The Hall–Kier alpha value is -0.120. The third kappa shape index (κ3) is 11.8. The lowest BCUT2D eigenvalue weighted by atomic mass is 10.1. The van der Waals surface area contributed by atoms with E-state index in [4.69, 9.17) is 4.74 Å². The second-order valence-corrected chi connectivity index (χ2v) is 8.46. The van der Waals surface area contributed by atoms with Gasteiger partial charge in [-0.1, -0.05) is 0 Å². The molecule has 0 radical (unpaired) electrons. The second-order valence-electron chi connectivity index (χ2n) is 8.46. The largest absolute Gasteiger partial charge is 0.377 e. The molecule has 0 aliphatic carbocycles. The molecule has 2 N–H and O–H groups in total. The van der Waals surface area contributed by atoms with E-state index in [0.29, 0.717) is 24.2 Å². The van der Waals surface area contributed by atoms with E-state index in [1.807, 2.05) is 7.05 Å². The minimum absolute atomic E-state index is 0. The van der Waals surface area contributed by atoms with Crippen molar-refractivity contribution in [1.29, 1.82) is 0 Å². The van der Waals surface area contributed by atoms with Gasteiger partial charge in [-0.15, -0.1) is 24.0 Å². The summed E-state index contributed by atoms with van der Waals surface area (Å²) < 4.78 is 5.66. The molecule has 168 valence electrons. The second kappa shape index (κ2) is 15.7. The summed E-state index contributed by atoms with van der Waals surface area (Å²) >= 11 is 0. The molecule has 6 nitrogen and oxygen atoms in total. The lowest BCUT2D eigenvalue weighted by molar-refractivity contribution is 0.0532. The molecule has 0 aromatic carbocycles. The Morgan fingerprint density at radius 1 is 1.11 bits per heavy atom. The highest BCUT2D eigenvalue weighted by molar-refractivity contribution is 14.0. The van der Waals surface area contributed by atoms with Crippen LogP contribution in [-0.2, 0) is 4.74 Å². The van der Waals surface area contributed by atoms with Gasteiger partial charge in [0.15, 0.2) is 5.96 Å². The van der Waals surface area contributed by atoms with Gasteiger partial charge in [-0.3, -0.25) is 9.89 Å². The van der Waals surface area contributed by atoms with Gasteiger partial charge in [0.05, 0.1) is 12.7 Å². The fraction of sp³-hybridized carbons (Fsp3) is 0.952. The van der Waals surface area contributed by atoms with Crippen LogP contribution < -0.4 is 10.6 Å². The molecule has 1 fully saturated rings. The van der Waals surface area contributed by atoms with Crippen LogP contribution in [-0.4, -0.2) is 86.4 Å². The normalized spacial score (nSPS) is 16.9. The Labute approximate surface area is 191 Å². The molecule has 0 amide bonds. The van der Waals surface area contributed by atoms with Crippen LogP contribution in [0.5, 0.6) is 0 Å². The topological polar surface area (TPSA) is 52.1 Å². The molecule has 0 unspecified atom stereocenters. The van der Waals surface area contributed by atoms with Gasteiger partial charge in [-0.05, 0) is 60.8 Å². The maximum atomic E-state index is 5.66. The van der Waals surface area contributed by atoms with Crippen LogP contribution >= 0.6 is 24.0 Å². The number of guanidine groups is 1. The van der Waals surface area contributed by atoms with Crippen LogP contribution in [0.15, 0.2) is 4.99 Å². The van der Waals surface area contributed by atoms with Crippen LogP contribution in [0.25, 0.3) is 0 Å². The maximum absolute atomic E-state index is 5.66. The van der Waals surface area contributed by atoms with Crippen LogP contribution in [0.4, 0.5) is 0 Å². The van der Waals surface area contributed by atoms with Crippen LogP contribution in [0.1, 0.15) is 60.8 Å². The molecule has 0 saturated carbocycles. The summed E-state index contributed by atoms with van der Waals surface area (Å²) in [5.41, 5.74) is 0. The first-order valence-electron chi connectivity index (χ1n) is 10.9. The predicted molar refractivity (Wildman–Crippen MR) is 132 cm³/mol. The zero-order valence-corrected chi connectivity index (χ0v) is 21.7. The maximum Gasteiger partial charge on any atom is 0.191 e. The van der Waals surface area contributed by atoms with E-state index in [-0.39, 0.29) is 24.0 Å². The molecule has 7 heteroatoms. The molecular formula is C21H46IN5O. The summed E-state index contributed by atoms with van der Waals surface area (Å²) in [5, 5.41) is 7.09. The molecule has 28 heavy (non-hydrogen) atoms. The van der Waals surface area contributed by atoms with Crippen LogP contribution in [0, 0.1) is 0 Å². The first-order valence-corrected chi connectivity index (χ1v) is 10.9. The Balaban J connectivity index is 0.00000729. The number of piperidine rings is 1. The molecule has 0 spiro atoms. The van der Waals surface area contributed by atoms with Crippen molar-refractivity contribution in [3.8, 4) is 0 Å². The van der Waals surface area contributed by atoms with E-state index < -0.39 is 0 Å². The van der Waals surface area contributed by atoms with E-state index in [9.17, 15) is 0 Å². The molecule has 0 bridgehead atoms. The van der Waals surface area contributed by atoms with Crippen LogP contribution in [0.3, 0.4) is 0 Å². The molecule has 1 rings (SSSR count). The van der Waals surface area contributed by atoms with Gasteiger partial charge in [0.25, 0.3) is 0 Å². The first kappa shape index (κ1) is 27.9. The zero-order chi connectivity index (χ0) is 20.2. The molecule has 1 aliphatic heterocycles. The Morgan fingerprint density at radius 2 is 1.71 bits per heavy atom. The average molecular weight is 512 g/mol. The number of rotatable bonds is 11. The van der Waals surface area contributed by atoms with E-state index in [1.165, 1.54) is 0 Å². The standard InChI is InChI=1S/C21H45N5O.HI/c1-17(2)26(18(3)4)12-8-11-23-21(22-7)24-20-9-13-25(14-10-20)15-16-27-19(5)6;/h17-20H,8-16H2,1-7H3,(H2,22,23,24);1H. The van der Waals surface area contributed by atoms with Crippen molar-refractivity contribution < 1.29 is 4.74 Å². The number of hydrogen-bond acceptors (Lipinski definition) is 4. The summed E-state index contributed by atoms with van der Waals surface area (Å²) in [6.07, 6.45) is 3.78. The van der Waals surface area contributed by atoms with Crippen LogP contribution in [0.2, 0.25) is 0 Å². The fourth-order valence-corrected chi connectivity index (χ4v) is 3.69. The molecular weight excluding hydrogens is 465 g/mol. The first-order chi connectivity index (χ1) is 12.8. The van der Waals surface area contributed by atoms with Gasteiger partial charge in [0.1, 0.15) is 0 Å². The van der Waals surface area contributed by atoms with Gasteiger partial charge >= 0.3 is 0 Å². The predicted octanol–water partition coefficient (Wildman–Crippen LogP) is 3.17.